The number of methoxy groups -OCH3 is 2. The van der Waals surface area contributed by atoms with Crippen LogP contribution < -0.4 is 114 Å². The molecule has 0 saturated heterocycles. The van der Waals surface area contributed by atoms with Crippen molar-refractivity contribution in [3.63, 3.8) is 0 Å². The number of rotatable bonds is 15. The van der Waals surface area contributed by atoms with Crippen LogP contribution in [0.4, 0.5) is 17.1 Å². The van der Waals surface area contributed by atoms with Gasteiger partial charge < -0.3 is 34.5 Å². The van der Waals surface area contributed by atoms with Gasteiger partial charge in [0.05, 0.1) is 48.8 Å². The summed E-state index contributed by atoms with van der Waals surface area (Å²) in [6.45, 7) is -0.402. The molecule has 0 heterocycles. The number of aromatic carboxylic acids is 1. The Morgan fingerprint density at radius 2 is 1.60 bits per heavy atom. The van der Waals surface area contributed by atoms with E-state index in [9.17, 15) is 36.5 Å². The molecule has 22 heteroatoms. The van der Waals surface area contributed by atoms with E-state index in [4.69, 9.17) is 9.47 Å². The summed E-state index contributed by atoms with van der Waals surface area (Å²) in [4.78, 5) is 11.2. The topological polar surface area (TPSA) is 237 Å². The van der Waals surface area contributed by atoms with Crippen LogP contribution in [0.2, 0.25) is 0 Å². The number of anilines is 1. The number of sulfone groups is 1. The van der Waals surface area contributed by atoms with Gasteiger partial charge in [-0.2, -0.15) is 0 Å². The molecule has 204 valence electrons. The molecule has 16 nitrogen and oxygen atoms in total. The smallest absolute Gasteiger partial charge is 0.747 e. The minimum absolute atomic E-state index is 0. The minimum atomic E-state index is -4.61. The summed E-state index contributed by atoms with van der Waals surface area (Å²) in [5, 5.41) is 34.4. The number of hydrogen-bond donors (Lipinski definition) is 1. The minimum Gasteiger partial charge on any atom is -0.747 e. The Morgan fingerprint density at radius 3 is 2.15 bits per heavy atom. The van der Waals surface area contributed by atoms with Crippen molar-refractivity contribution in [2.45, 2.75) is 4.90 Å². The standard InChI is InChI=1S/C18H21N3O13S3.3Na/c1-30-16-9-15(17(31-2)8-14(16)19-10-37(27,28)29)21-20-13-7-11(3-4-12(13)18(22)23)36(25,26)6-5-32-35-34-33-24;;;/h3-4,7-9,19,24H,5-6,10H2,1-2H3,(H,22,23)(H,27,28,29);;;/q;3*+1/p-3. The number of ether oxygens (including phenoxy) is 2. The molecule has 0 bridgehead atoms. The van der Waals surface area contributed by atoms with E-state index in [1.807, 2.05) is 0 Å². The number of carbonyl (C=O) groups excluding carboxylic acids is 1. The van der Waals surface area contributed by atoms with Gasteiger partial charge in [0, 0.05) is 17.7 Å². The maximum Gasteiger partial charge on any atom is 1.00 e. The Kier molecular flexibility index (Phi) is 21.1. The number of nitrogens with zero attached hydrogens (tertiary/aromatic N) is 2. The molecule has 2 rings (SSSR count). The van der Waals surface area contributed by atoms with Crippen LogP contribution >= 0.6 is 12.3 Å². The third kappa shape index (κ3) is 13.5. The van der Waals surface area contributed by atoms with Gasteiger partial charge in [0.15, 0.2) is 22.2 Å². The maximum atomic E-state index is 12.6. The first-order chi connectivity index (χ1) is 17.4. The van der Waals surface area contributed by atoms with Gasteiger partial charge in [0.25, 0.3) is 0 Å². The molecule has 0 aromatic heterocycles. The SMILES string of the molecule is COc1cc(NCS(=O)(=O)[O-])c(OC)cc1N=Nc1cc(S(=O)(=O)CCOSOO[O-])ccc1C(=O)[O-].[Na+].[Na+].[Na+]. The average Bonchev–Trinajstić information content (AvgIpc) is 2.85. The Morgan fingerprint density at radius 1 is 0.975 bits per heavy atom. The summed E-state index contributed by atoms with van der Waals surface area (Å²) in [6.07, 6.45) is 0. The third-order valence-corrected chi connectivity index (χ3v) is 6.84. The summed E-state index contributed by atoms with van der Waals surface area (Å²) in [7, 11) is -6.10. The van der Waals surface area contributed by atoms with Crippen LogP contribution in [0.1, 0.15) is 10.4 Å². The molecule has 0 amide bonds. The molecular weight excluding hydrogens is 631 g/mol. The fourth-order valence-electron chi connectivity index (χ4n) is 2.66. The van der Waals surface area contributed by atoms with Gasteiger partial charge in [-0.05, 0) is 18.2 Å². The van der Waals surface area contributed by atoms with Crippen LogP contribution in [0.15, 0.2) is 45.5 Å². The summed E-state index contributed by atoms with van der Waals surface area (Å²) < 4.78 is 76.7. The van der Waals surface area contributed by atoms with Crippen molar-refractivity contribution >= 4 is 55.3 Å². The van der Waals surface area contributed by atoms with Gasteiger partial charge in [-0.15, -0.1) is 14.6 Å². The number of nitrogens with one attached hydrogen (secondary N) is 1. The van der Waals surface area contributed by atoms with Crippen LogP contribution in [0.5, 0.6) is 11.5 Å². The summed E-state index contributed by atoms with van der Waals surface area (Å²) >= 11 is 0.125. The largest absolute Gasteiger partial charge is 1.00 e. The van der Waals surface area contributed by atoms with E-state index >= 15 is 0 Å². The van der Waals surface area contributed by atoms with Gasteiger partial charge >= 0.3 is 88.7 Å². The van der Waals surface area contributed by atoms with Gasteiger partial charge in [-0.3, -0.25) is 9.22 Å². The van der Waals surface area contributed by atoms with Crippen molar-refractivity contribution < 1.29 is 148 Å². The molecule has 0 radical (unpaired) electrons. The average molecular weight is 650 g/mol. The predicted octanol–water partition coefficient (Wildman–Crippen LogP) is -9.01. The van der Waals surface area contributed by atoms with Gasteiger partial charge in [0.2, 0.25) is 0 Å². The zero-order valence-electron chi connectivity index (χ0n) is 21.9. The van der Waals surface area contributed by atoms with E-state index < -0.39 is 49.7 Å². The van der Waals surface area contributed by atoms with Crippen LogP contribution in [-0.4, -0.2) is 59.8 Å². The molecule has 0 atom stereocenters. The number of carboxylic acids is 1. The van der Waals surface area contributed by atoms with E-state index in [0.717, 1.165) is 18.2 Å². The molecular formula is C18H18N3Na3O13S3. The van der Waals surface area contributed by atoms with Gasteiger partial charge in [0.1, 0.15) is 33.2 Å². The van der Waals surface area contributed by atoms with Crippen LogP contribution in [-0.2, 0) is 33.5 Å². The van der Waals surface area contributed by atoms with Crippen molar-refractivity contribution in [3.8, 4) is 11.5 Å². The summed E-state index contributed by atoms with van der Waals surface area (Å²) in [6, 6.07) is 5.46. The first-order valence-corrected chi connectivity index (χ1v) is 13.5. The van der Waals surface area contributed by atoms with Crippen molar-refractivity contribution in [3.05, 3.63) is 35.9 Å². The summed E-state index contributed by atoms with van der Waals surface area (Å²) in [5.41, 5.74) is -0.784. The fraction of sp³-hybridized carbons (Fsp3) is 0.278. The molecule has 0 saturated carbocycles. The number of carboxylic acid groups (broad SMARTS) is 1. The Balaban J connectivity index is 0. The van der Waals surface area contributed by atoms with E-state index in [1.165, 1.54) is 26.4 Å². The monoisotopic (exact) mass is 649 g/mol. The molecule has 0 fully saturated rings. The van der Waals surface area contributed by atoms with Crippen LogP contribution in [0, 0.1) is 0 Å². The predicted molar refractivity (Wildman–Crippen MR) is 120 cm³/mol. The van der Waals surface area contributed by atoms with Crippen molar-refractivity contribution in [2.24, 2.45) is 10.2 Å². The molecule has 2 aromatic carbocycles. The number of carbonyl (C=O) groups is 1. The molecule has 2 aromatic rings. The molecule has 1 N–H and O–H groups in total. The first-order valence-electron chi connectivity index (χ1n) is 9.60. The van der Waals surface area contributed by atoms with Gasteiger partial charge in [-0.1, -0.05) is 0 Å². The Labute approximate surface area is 300 Å². The number of hydrogen-bond acceptors (Lipinski definition) is 17. The zero-order chi connectivity index (χ0) is 27.6. The molecule has 0 aliphatic rings. The molecule has 0 aliphatic heterocycles. The Hall–Kier alpha value is -0.0400. The normalized spacial score (nSPS) is 11.1. The second-order valence-corrected chi connectivity index (χ2v) is 10.6. The Bertz CT molecular complexity index is 1360. The summed E-state index contributed by atoms with van der Waals surface area (Å²) in [5.74, 6) is -3.10. The molecule has 40 heavy (non-hydrogen) atoms. The van der Waals surface area contributed by atoms with Crippen LogP contribution in [0.3, 0.4) is 0 Å². The quantitative estimate of drug-likeness (QED) is 0.0359. The van der Waals surface area contributed by atoms with Gasteiger partial charge in [-0.25, -0.2) is 16.8 Å². The number of azo groups is 1. The maximum absolute atomic E-state index is 12.6. The van der Waals surface area contributed by atoms with E-state index in [1.54, 1.807) is 0 Å². The van der Waals surface area contributed by atoms with Crippen molar-refractivity contribution in [2.75, 3.05) is 37.8 Å². The van der Waals surface area contributed by atoms with E-state index in [2.05, 4.69) is 29.1 Å². The third-order valence-electron chi connectivity index (χ3n) is 4.29. The van der Waals surface area contributed by atoms with Crippen molar-refractivity contribution in [1.82, 2.24) is 0 Å². The second kappa shape index (κ2) is 20.0. The molecule has 0 aliphatic carbocycles. The van der Waals surface area contributed by atoms with E-state index in [-0.39, 0.29) is 134 Å². The van der Waals surface area contributed by atoms with Crippen molar-refractivity contribution in [1.29, 1.82) is 0 Å². The number of benzene rings is 2. The first kappa shape index (κ1) is 42.1. The second-order valence-electron chi connectivity index (χ2n) is 6.61. The van der Waals surface area contributed by atoms with E-state index in [0.29, 0.717) is 0 Å². The fourth-order valence-corrected chi connectivity index (χ4v) is 4.41. The molecule has 0 unspecified atom stereocenters. The zero-order valence-corrected chi connectivity index (χ0v) is 30.4. The van der Waals surface area contributed by atoms with Crippen LogP contribution in [0.25, 0.3) is 0 Å². The molecule has 0 spiro atoms.